The maximum Gasteiger partial charge on any atom is 0.197 e. The molecule has 270 valence electrons. The number of para-hydroxylation sites is 4. The second kappa shape index (κ2) is 11.8. The fourth-order valence-corrected chi connectivity index (χ4v) is 9.79. The van der Waals surface area contributed by atoms with Gasteiger partial charge in [0.05, 0.1) is 22.1 Å². The third-order valence-corrected chi connectivity index (χ3v) is 12.4. The smallest absolute Gasteiger partial charge is 0.197 e. The Kier molecular flexibility index (Phi) is 6.84. The summed E-state index contributed by atoms with van der Waals surface area (Å²) in [4.78, 5) is 29.2. The topological polar surface area (TPSA) is 53.9 Å². The molecule has 6 nitrogen and oxygen atoms in total. The molecule has 56 heavy (non-hydrogen) atoms. The summed E-state index contributed by atoms with van der Waals surface area (Å²) < 4.78 is 8.90. The van der Waals surface area contributed by atoms with E-state index in [1.165, 1.54) is 43.6 Å². The minimum Gasteiger partial charge on any atom is -0.343 e. The Hall–Kier alpha value is -6.92. The van der Waals surface area contributed by atoms with Crippen molar-refractivity contribution < 1.29 is 0 Å². The molecule has 0 fully saturated rings. The third kappa shape index (κ3) is 4.27. The highest BCUT2D eigenvalue weighted by atomic mass is 16.1. The first-order valence-corrected chi connectivity index (χ1v) is 19.4. The van der Waals surface area contributed by atoms with Crippen molar-refractivity contribution >= 4 is 87.2 Å². The van der Waals surface area contributed by atoms with Gasteiger partial charge in [-0.2, -0.15) is 0 Å². The first-order valence-electron chi connectivity index (χ1n) is 19.4. The van der Waals surface area contributed by atoms with Gasteiger partial charge in [0.15, 0.2) is 10.9 Å². The SMILES string of the molecule is CCn1c2ccccc2c2cc(-c3cccc4c(=O)c5cc6c(cc5n(C)c34)c(=O)c3cccc(-c4ccc5c(c4)c4ccccc4n5CC)c3n6C)ccc21. The summed E-state index contributed by atoms with van der Waals surface area (Å²) in [5, 5.41) is 7.30. The van der Waals surface area contributed by atoms with E-state index in [9.17, 15) is 9.59 Å². The van der Waals surface area contributed by atoms with Crippen LogP contribution in [0.3, 0.4) is 0 Å². The van der Waals surface area contributed by atoms with E-state index in [-0.39, 0.29) is 10.9 Å². The van der Waals surface area contributed by atoms with Crippen LogP contribution in [0, 0.1) is 0 Å². The zero-order valence-corrected chi connectivity index (χ0v) is 31.7. The van der Waals surface area contributed by atoms with Crippen LogP contribution in [0.15, 0.2) is 143 Å². The molecule has 7 aromatic carbocycles. The number of aryl methyl sites for hydroxylation is 4. The number of benzene rings is 7. The lowest BCUT2D eigenvalue weighted by Gasteiger charge is -2.18. The van der Waals surface area contributed by atoms with Crippen LogP contribution in [0.4, 0.5) is 0 Å². The fourth-order valence-electron chi connectivity index (χ4n) is 9.79. The molecule has 4 heterocycles. The molecular formula is C50H38N4O2. The predicted molar refractivity (Wildman–Crippen MR) is 235 cm³/mol. The predicted octanol–water partition coefficient (Wildman–Crippen LogP) is 11.3. The molecular weight excluding hydrogens is 689 g/mol. The molecule has 4 aromatic heterocycles. The molecule has 0 unspecified atom stereocenters. The van der Waals surface area contributed by atoms with Crippen LogP contribution in [0.1, 0.15) is 13.8 Å². The normalized spacial score (nSPS) is 12.2. The highest BCUT2D eigenvalue weighted by Gasteiger charge is 2.20. The number of hydrogen-bond donors (Lipinski definition) is 0. The lowest BCUT2D eigenvalue weighted by atomic mass is 9.96. The summed E-state index contributed by atoms with van der Waals surface area (Å²) >= 11 is 0. The van der Waals surface area contributed by atoms with Crippen molar-refractivity contribution in [2.45, 2.75) is 26.9 Å². The highest BCUT2D eigenvalue weighted by molar-refractivity contribution is 6.13. The van der Waals surface area contributed by atoms with Gasteiger partial charge >= 0.3 is 0 Å². The molecule has 0 aliphatic heterocycles. The van der Waals surface area contributed by atoms with E-state index in [2.05, 4.69) is 129 Å². The van der Waals surface area contributed by atoms with Crippen LogP contribution in [0.25, 0.3) is 109 Å². The van der Waals surface area contributed by atoms with Crippen molar-refractivity contribution in [3.63, 3.8) is 0 Å². The maximum absolute atomic E-state index is 14.6. The van der Waals surface area contributed by atoms with Gasteiger partial charge in [-0.15, -0.1) is 0 Å². The number of nitrogens with zero attached hydrogens (tertiary/aromatic N) is 4. The van der Waals surface area contributed by atoms with Crippen molar-refractivity contribution in [3.8, 4) is 22.3 Å². The summed E-state index contributed by atoms with van der Waals surface area (Å²) in [6, 6.07) is 46.2. The van der Waals surface area contributed by atoms with E-state index < -0.39 is 0 Å². The van der Waals surface area contributed by atoms with E-state index in [1.807, 2.05) is 50.5 Å². The van der Waals surface area contributed by atoms with Crippen LogP contribution in [0.5, 0.6) is 0 Å². The standard InChI is InChI=1S/C50H38N4O2/c1-5-53-41-19-9-7-13-33(41)37-25-29(21-23-43(37)53)31-15-11-17-35-47(31)51(3)45-27-40-46(28-39(45)49(35)55)52(4)48-32(16-12-18-36(48)50(40)56)30-22-24-44-38(26-30)34-14-8-10-20-42(34)54(44)6-2/h7-28H,5-6H2,1-4H3. The Morgan fingerprint density at radius 2 is 0.768 bits per heavy atom. The van der Waals surface area contributed by atoms with Gasteiger partial charge in [-0.3, -0.25) is 9.59 Å². The van der Waals surface area contributed by atoms with E-state index in [0.717, 1.165) is 57.4 Å². The summed E-state index contributed by atoms with van der Waals surface area (Å²) in [7, 11) is 4.02. The lowest BCUT2D eigenvalue weighted by Crippen LogP contribution is -2.14. The number of pyridine rings is 2. The highest BCUT2D eigenvalue weighted by Crippen LogP contribution is 2.38. The second-order valence-corrected chi connectivity index (χ2v) is 15.1. The molecule has 0 saturated heterocycles. The Morgan fingerprint density at radius 1 is 0.375 bits per heavy atom. The number of hydrogen-bond acceptors (Lipinski definition) is 2. The molecule has 0 aliphatic rings. The van der Waals surface area contributed by atoms with E-state index in [0.29, 0.717) is 21.5 Å². The molecule has 0 amide bonds. The molecule has 11 rings (SSSR count). The largest absolute Gasteiger partial charge is 0.343 e. The molecule has 0 bridgehead atoms. The quantitative estimate of drug-likeness (QED) is 0.170. The van der Waals surface area contributed by atoms with Gasteiger partial charge in [0.2, 0.25) is 0 Å². The number of fused-ring (bicyclic) bond motifs is 10. The Morgan fingerprint density at radius 3 is 1.20 bits per heavy atom. The average molecular weight is 727 g/mol. The number of rotatable bonds is 4. The molecule has 0 saturated carbocycles. The molecule has 0 aliphatic carbocycles. The minimum atomic E-state index is -0.0425. The summed E-state index contributed by atoms with van der Waals surface area (Å²) in [5.74, 6) is 0. The Bertz CT molecular complexity index is 3390. The first kappa shape index (κ1) is 32.5. The van der Waals surface area contributed by atoms with Crippen LogP contribution in [0.2, 0.25) is 0 Å². The molecule has 6 heteroatoms. The van der Waals surface area contributed by atoms with E-state index in [4.69, 9.17) is 0 Å². The zero-order valence-electron chi connectivity index (χ0n) is 31.7. The minimum absolute atomic E-state index is 0.0425. The van der Waals surface area contributed by atoms with Crippen LogP contribution in [-0.2, 0) is 27.2 Å². The Labute approximate surface area is 321 Å². The van der Waals surface area contributed by atoms with Crippen molar-refractivity contribution in [1.29, 1.82) is 0 Å². The van der Waals surface area contributed by atoms with Crippen molar-refractivity contribution in [1.82, 2.24) is 18.3 Å². The first-order chi connectivity index (χ1) is 27.4. The summed E-state index contributed by atoms with van der Waals surface area (Å²) in [5.41, 5.74) is 12.0. The molecule has 0 radical (unpaired) electrons. The van der Waals surface area contributed by atoms with Gasteiger partial charge in [-0.1, -0.05) is 72.8 Å². The fraction of sp³-hybridized carbons (Fsp3) is 0.120. The molecule has 11 aromatic rings. The zero-order chi connectivity index (χ0) is 38.0. The van der Waals surface area contributed by atoms with Gasteiger partial charge in [0.25, 0.3) is 0 Å². The summed E-state index contributed by atoms with van der Waals surface area (Å²) in [6.07, 6.45) is 0. The monoisotopic (exact) mass is 726 g/mol. The van der Waals surface area contributed by atoms with Gasteiger partial charge < -0.3 is 18.3 Å². The van der Waals surface area contributed by atoms with Gasteiger partial charge in [0.1, 0.15) is 0 Å². The van der Waals surface area contributed by atoms with Crippen LogP contribution in [-0.4, -0.2) is 18.3 Å². The van der Waals surface area contributed by atoms with Crippen LogP contribution >= 0.6 is 0 Å². The van der Waals surface area contributed by atoms with Crippen molar-refractivity contribution in [3.05, 3.63) is 154 Å². The lowest BCUT2D eigenvalue weighted by molar-refractivity contribution is 0.827. The number of aromatic nitrogens is 4. The molecule has 0 atom stereocenters. The van der Waals surface area contributed by atoms with Crippen LogP contribution < -0.4 is 10.9 Å². The second-order valence-electron chi connectivity index (χ2n) is 15.1. The summed E-state index contributed by atoms with van der Waals surface area (Å²) in [6.45, 7) is 6.11. The van der Waals surface area contributed by atoms with Gasteiger partial charge in [-0.05, 0) is 85.6 Å². The van der Waals surface area contributed by atoms with E-state index >= 15 is 0 Å². The van der Waals surface area contributed by atoms with E-state index in [1.54, 1.807) is 0 Å². The third-order valence-electron chi connectivity index (χ3n) is 12.4. The Balaban J connectivity index is 1.15. The maximum atomic E-state index is 14.6. The van der Waals surface area contributed by atoms with Crippen molar-refractivity contribution in [2.75, 3.05) is 0 Å². The van der Waals surface area contributed by atoms with Gasteiger partial charge in [0, 0.05) is 103 Å². The molecule has 0 spiro atoms. The van der Waals surface area contributed by atoms with Gasteiger partial charge in [-0.25, -0.2) is 0 Å². The molecule has 0 N–H and O–H groups in total. The average Bonchev–Trinajstić information content (AvgIpc) is 3.74. The van der Waals surface area contributed by atoms with Crippen molar-refractivity contribution in [2.24, 2.45) is 14.1 Å².